The number of hydrogen-bond acceptors (Lipinski definition) is 4. The van der Waals surface area contributed by atoms with E-state index in [4.69, 9.17) is 0 Å². The van der Waals surface area contributed by atoms with Gasteiger partial charge in [-0.2, -0.15) is 10.2 Å². The smallest absolute Gasteiger partial charge is 0.148 e. The normalized spacial score (nSPS) is 11.4. The topological polar surface area (TPSA) is 60.6 Å². The van der Waals surface area contributed by atoms with Crippen LogP contribution in [0.25, 0.3) is 0 Å². The monoisotopic (exact) mass is 276 g/mol. The Morgan fingerprint density at radius 1 is 1.30 bits per heavy atom. The zero-order valence-electron chi connectivity index (χ0n) is 12.6. The van der Waals surface area contributed by atoms with Gasteiger partial charge >= 0.3 is 0 Å². The Bertz CT molecular complexity index is 513. The fourth-order valence-electron chi connectivity index (χ4n) is 2.05. The van der Waals surface area contributed by atoms with Crippen molar-refractivity contribution in [3.8, 4) is 0 Å². The first-order valence-electron chi connectivity index (χ1n) is 7.27. The minimum absolute atomic E-state index is 0.557. The minimum atomic E-state index is 0.557. The summed E-state index contributed by atoms with van der Waals surface area (Å²) in [5.74, 6) is 1.51. The number of rotatable bonds is 8. The van der Waals surface area contributed by atoms with Crippen molar-refractivity contribution in [1.29, 1.82) is 0 Å². The molecule has 2 aromatic heterocycles. The van der Waals surface area contributed by atoms with E-state index in [1.165, 1.54) is 5.56 Å². The zero-order chi connectivity index (χ0) is 14.4. The van der Waals surface area contributed by atoms with E-state index >= 15 is 0 Å². The molecule has 0 aliphatic rings. The summed E-state index contributed by atoms with van der Waals surface area (Å²) in [5, 5.41) is 12.0. The predicted molar refractivity (Wildman–Crippen MR) is 78.2 cm³/mol. The summed E-state index contributed by atoms with van der Waals surface area (Å²) < 4.78 is 3.88. The molecule has 0 radical (unpaired) electrons. The molecule has 0 fully saturated rings. The molecular weight excluding hydrogens is 252 g/mol. The standard InChI is InChI=1S/C14H24N6/c1-4-5-15-6-13-7-17-19(9-13)10-14-16-11-18-20(14)8-12(2)3/h7,9,11-12,15H,4-6,8,10H2,1-3H3. The average Bonchev–Trinajstić information content (AvgIpc) is 3.00. The van der Waals surface area contributed by atoms with Crippen LogP contribution in [0.3, 0.4) is 0 Å². The summed E-state index contributed by atoms with van der Waals surface area (Å²) in [7, 11) is 0. The molecule has 110 valence electrons. The van der Waals surface area contributed by atoms with Crippen LogP contribution in [0.2, 0.25) is 0 Å². The average molecular weight is 276 g/mol. The van der Waals surface area contributed by atoms with Gasteiger partial charge in [0.1, 0.15) is 18.7 Å². The fraction of sp³-hybridized carbons (Fsp3) is 0.643. The Labute approximate surface area is 120 Å². The third-order valence-corrected chi connectivity index (χ3v) is 2.98. The van der Waals surface area contributed by atoms with Crippen LogP contribution < -0.4 is 5.32 Å². The lowest BCUT2D eigenvalue weighted by Gasteiger charge is -2.08. The van der Waals surface area contributed by atoms with Crippen molar-refractivity contribution in [2.24, 2.45) is 5.92 Å². The Hall–Kier alpha value is -1.69. The molecule has 0 bridgehead atoms. The molecule has 0 aliphatic heterocycles. The van der Waals surface area contributed by atoms with Gasteiger partial charge in [-0.3, -0.25) is 4.68 Å². The molecule has 0 aliphatic carbocycles. The molecule has 0 spiro atoms. The summed E-state index contributed by atoms with van der Waals surface area (Å²) in [6.07, 6.45) is 6.74. The Morgan fingerprint density at radius 2 is 2.15 bits per heavy atom. The highest BCUT2D eigenvalue weighted by molar-refractivity contribution is 5.04. The van der Waals surface area contributed by atoms with E-state index in [0.29, 0.717) is 12.5 Å². The van der Waals surface area contributed by atoms with Crippen LogP contribution in [0.5, 0.6) is 0 Å². The van der Waals surface area contributed by atoms with Crippen LogP contribution in [0.4, 0.5) is 0 Å². The maximum Gasteiger partial charge on any atom is 0.148 e. The van der Waals surface area contributed by atoms with Crippen molar-refractivity contribution >= 4 is 0 Å². The Morgan fingerprint density at radius 3 is 2.90 bits per heavy atom. The fourth-order valence-corrected chi connectivity index (χ4v) is 2.05. The van der Waals surface area contributed by atoms with E-state index in [2.05, 4.69) is 47.5 Å². The lowest BCUT2D eigenvalue weighted by Crippen LogP contribution is -2.14. The molecule has 1 N–H and O–H groups in total. The molecule has 0 aromatic carbocycles. The zero-order valence-corrected chi connectivity index (χ0v) is 12.6. The summed E-state index contributed by atoms with van der Waals surface area (Å²) in [5.41, 5.74) is 1.20. The summed E-state index contributed by atoms with van der Waals surface area (Å²) in [4.78, 5) is 4.32. The van der Waals surface area contributed by atoms with Crippen LogP contribution in [0, 0.1) is 5.92 Å². The number of nitrogens with one attached hydrogen (secondary N) is 1. The van der Waals surface area contributed by atoms with E-state index in [-0.39, 0.29) is 0 Å². The second kappa shape index (κ2) is 7.19. The molecule has 0 saturated heterocycles. The van der Waals surface area contributed by atoms with Crippen LogP contribution in [-0.2, 0) is 19.6 Å². The van der Waals surface area contributed by atoms with Gasteiger partial charge in [0.15, 0.2) is 0 Å². The second-order valence-corrected chi connectivity index (χ2v) is 5.48. The molecular formula is C14H24N6. The van der Waals surface area contributed by atoms with Crippen molar-refractivity contribution in [3.63, 3.8) is 0 Å². The van der Waals surface area contributed by atoms with Gasteiger partial charge in [0, 0.05) is 24.8 Å². The molecule has 20 heavy (non-hydrogen) atoms. The van der Waals surface area contributed by atoms with Gasteiger partial charge in [-0.15, -0.1) is 0 Å². The number of nitrogens with zero attached hydrogens (tertiary/aromatic N) is 5. The lowest BCUT2D eigenvalue weighted by molar-refractivity contribution is 0.456. The number of hydrogen-bond donors (Lipinski definition) is 1. The molecule has 2 aromatic rings. The van der Waals surface area contributed by atoms with Crippen molar-refractivity contribution < 1.29 is 0 Å². The highest BCUT2D eigenvalue weighted by atomic mass is 15.4. The summed E-state index contributed by atoms with van der Waals surface area (Å²) in [6, 6.07) is 0. The Balaban J connectivity index is 1.94. The molecule has 2 rings (SSSR count). The summed E-state index contributed by atoms with van der Waals surface area (Å²) in [6.45, 7) is 9.98. The highest BCUT2D eigenvalue weighted by Gasteiger charge is 2.08. The maximum absolute atomic E-state index is 4.39. The molecule has 0 amide bonds. The largest absolute Gasteiger partial charge is 0.313 e. The van der Waals surface area contributed by atoms with Gasteiger partial charge in [-0.1, -0.05) is 20.8 Å². The SMILES string of the molecule is CCCNCc1cnn(Cc2ncnn2CC(C)C)c1. The van der Waals surface area contributed by atoms with Crippen molar-refractivity contribution in [2.45, 2.75) is 46.8 Å². The van der Waals surface area contributed by atoms with Crippen LogP contribution in [0.15, 0.2) is 18.7 Å². The highest BCUT2D eigenvalue weighted by Crippen LogP contribution is 2.04. The minimum Gasteiger partial charge on any atom is -0.313 e. The van der Waals surface area contributed by atoms with E-state index in [0.717, 1.165) is 31.9 Å². The second-order valence-electron chi connectivity index (χ2n) is 5.48. The summed E-state index contributed by atoms with van der Waals surface area (Å²) >= 11 is 0. The van der Waals surface area contributed by atoms with E-state index < -0.39 is 0 Å². The molecule has 6 heteroatoms. The van der Waals surface area contributed by atoms with E-state index in [1.54, 1.807) is 6.33 Å². The first-order valence-corrected chi connectivity index (χ1v) is 7.27. The lowest BCUT2D eigenvalue weighted by atomic mass is 10.2. The van der Waals surface area contributed by atoms with Gasteiger partial charge in [-0.05, 0) is 18.9 Å². The third kappa shape index (κ3) is 4.16. The first-order chi connectivity index (χ1) is 9.69. The maximum atomic E-state index is 4.39. The van der Waals surface area contributed by atoms with E-state index in [9.17, 15) is 0 Å². The quantitative estimate of drug-likeness (QED) is 0.745. The van der Waals surface area contributed by atoms with Gasteiger partial charge in [-0.25, -0.2) is 9.67 Å². The number of aromatic nitrogens is 5. The van der Waals surface area contributed by atoms with E-state index in [1.807, 2.05) is 15.6 Å². The van der Waals surface area contributed by atoms with Crippen LogP contribution in [0.1, 0.15) is 38.6 Å². The molecule has 0 saturated carbocycles. The van der Waals surface area contributed by atoms with Crippen LogP contribution >= 0.6 is 0 Å². The van der Waals surface area contributed by atoms with Crippen molar-refractivity contribution in [1.82, 2.24) is 29.9 Å². The molecule has 2 heterocycles. The van der Waals surface area contributed by atoms with Gasteiger partial charge in [0.25, 0.3) is 0 Å². The predicted octanol–water partition coefficient (Wildman–Crippen LogP) is 1.68. The Kier molecular flexibility index (Phi) is 5.29. The molecule has 6 nitrogen and oxygen atoms in total. The molecule has 0 unspecified atom stereocenters. The van der Waals surface area contributed by atoms with Gasteiger partial charge in [0.05, 0.1) is 6.20 Å². The first kappa shape index (κ1) is 14.7. The van der Waals surface area contributed by atoms with Gasteiger partial charge in [0.2, 0.25) is 0 Å². The third-order valence-electron chi connectivity index (χ3n) is 2.98. The van der Waals surface area contributed by atoms with Crippen molar-refractivity contribution in [3.05, 3.63) is 30.1 Å². The van der Waals surface area contributed by atoms with Crippen LogP contribution in [-0.4, -0.2) is 31.1 Å². The molecule has 0 atom stereocenters. The van der Waals surface area contributed by atoms with Gasteiger partial charge < -0.3 is 5.32 Å². The van der Waals surface area contributed by atoms with Crippen molar-refractivity contribution in [2.75, 3.05) is 6.54 Å².